The number of esters is 1. The molecule has 40 heavy (non-hydrogen) atoms. The number of carbonyl (C=O) groups excluding carboxylic acids is 1. The lowest BCUT2D eigenvalue weighted by atomic mass is 9.67. The molecule has 7 rings (SSSR count). The van der Waals surface area contributed by atoms with Crippen LogP contribution < -0.4 is 0 Å². The van der Waals surface area contributed by atoms with Gasteiger partial charge in [-0.3, -0.25) is 4.90 Å². The average molecular weight is 552 g/mol. The predicted molar refractivity (Wildman–Crippen MR) is 149 cm³/mol. The highest BCUT2D eigenvalue weighted by Gasteiger charge is 2.56. The Kier molecular flexibility index (Phi) is 7.12. The van der Waals surface area contributed by atoms with E-state index in [2.05, 4.69) is 30.1 Å². The van der Waals surface area contributed by atoms with Crippen LogP contribution in [0.5, 0.6) is 0 Å². The minimum absolute atomic E-state index is 0.0152. The number of piperidine rings is 2. The van der Waals surface area contributed by atoms with Crippen molar-refractivity contribution >= 4 is 5.97 Å². The maximum atomic E-state index is 12.4. The van der Waals surface area contributed by atoms with Gasteiger partial charge in [-0.05, 0) is 68.8 Å². The molecule has 7 heteroatoms. The monoisotopic (exact) mass is 551 g/mol. The summed E-state index contributed by atoms with van der Waals surface area (Å²) in [4.78, 5) is 15.2. The number of cyclic esters (lactones) is 1. The van der Waals surface area contributed by atoms with Gasteiger partial charge in [0.15, 0.2) is 11.5 Å². The van der Waals surface area contributed by atoms with Gasteiger partial charge in [-0.15, -0.1) is 0 Å². The highest BCUT2D eigenvalue weighted by atomic mass is 16.6. The van der Waals surface area contributed by atoms with Gasteiger partial charge in [-0.25, -0.2) is 4.79 Å². The number of aliphatic hydroxyl groups is 2. The Morgan fingerprint density at radius 1 is 1.05 bits per heavy atom. The maximum absolute atomic E-state index is 12.4. The number of carbonyl (C=O) groups is 1. The highest BCUT2D eigenvalue weighted by molar-refractivity contribution is 5.94. The van der Waals surface area contributed by atoms with Crippen LogP contribution in [-0.4, -0.2) is 59.0 Å². The Hall–Kier alpha value is -2.09. The molecule has 0 spiro atoms. The Morgan fingerprint density at radius 2 is 1.85 bits per heavy atom. The van der Waals surface area contributed by atoms with E-state index in [1.807, 2.05) is 0 Å². The minimum Gasteiger partial charge on any atom is -0.492 e. The van der Waals surface area contributed by atoms with Gasteiger partial charge < -0.3 is 24.4 Å². The maximum Gasteiger partial charge on any atom is 0.345 e. The third-order valence-corrected chi connectivity index (χ3v) is 11.6. The van der Waals surface area contributed by atoms with Crippen molar-refractivity contribution < 1.29 is 29.2 Å². The van der Waals surface area contributed by atoms with E-state index >= 15 is 0 Å². The second kappa shape index (κ2) is 10.6. The van der Waals surface area contributed by atoms with Gasteiger partial charge in [0.1, 0.15) is 11.3 Å². The van der Waals surface area contributed by atoms with E-state index in [0.29, 0.717) is 23.5 Å². The van der Waals surface area contributed by atoms with Crippen LogP contribution in [-0.2, 0) is 19.0 Å². The van der Waals surface area contributed by atoms with Gasteiger partial charge in [0.2, 0.25) is 5.76 Å². The van der Waals surface area contributed by atoms with Gasteiger partial charge in [-0.1, -0.05) is 44.8 Å². The first-order valence-electron chi connectivity index (χ1n) is 15.8. The second-order valence-corrected chi connectivity index (χ2v) is 13.4. The number of hydrogen-bond donors (Lipinski definition) is 2. The zero-order valence-corrected chi connectivity index (χ0v) is 24.0. The largest absolute Gasteiger partial charge is 0.492 e. The molecule has 218 valence electrons. The number of nitrogens with zero attached hydrogens (tertiary/aromatic N) is 1. The van der Waals surface area contributed by atoms with Crippen LogP contribution in [0.2, 0.25) is 0 Å². The summed E-state index contributed by atoms with van der Waals surface area (Å²) < 4.78 is 17.6. The minimum atomic E-state index is -0.574. The molecule has 9 atom stereocenters. The predicted octanol–water partition coefficient (Wildman–Crippen LogP) is 4.96. The normalized spacial score (nSPS) is 42.3. The number of methoxy groups -OCH3 is 1. The van der Waals surface area contributed by atoms with Crippen molar-refractivity contribution in [2.24, 2.45) is 35.5 Å². The molecule has 0 aromatic carbocycles. The Bertz CT molecular complexity index is 1150. The quantitative estimate of drug-likeness (QED) is 0.369. The first-order chi connectivity index (χ1) is 19.5. The van der Waals surface area contributed by atoms with E-state index in [1.54, 1.807) is 0 Å². The standard InChI is InChI=1S/C33H45NO6/c1-18-27-25-14-11-20-10-12-23(13-15-26(27)39-30(18)32-31(38-2)24(17-35)33(37)40-32)34(25)28(20)29(36)22-9-5-8-21(16-22)19-6-3-4-7-19/h5,9,15,18-23,25,27-29,35-36H,3-4,6-8,10-14,16-17H2,1-2H3/t18-,20+,21+,22+,23-,25-,27+,28-,29-/m0/s1. The molecule has 3 saturated heterocycles. The third-order valence-electron chi connectivity index (χ3n) is 11.6. The molecule has 7 aliphatic rings. The van der Waals surface area contributed by atoms with Crippen molar-refractivity contribution in [2.45, 2.75) is 102 Å². The molecule has 0 aromatic rings. The average Bonchev–Trinajstić information content (AvgIpc) is 3.67. The van der Waals surface area contributed by atoms with Crippen LogP contribution >= 0.6 is 0 Å². The van der Waals surface area contributed by atoms with Gasteiger partial charge >= 0.3 is 5.97 Å². The van der Waals surface area contributed by atoms with E-state index < -0.39 is 12.6 Å². The van der Waals surface area contributed by atoms with E-state index in [1.165, 1.54) is 52.1 Å². The summed E-state index contributed by atoms with van der Waals surface area (Å²) >= 11 is 0. The molecular weight excluding hydrogens is 506 g/mol. The van der Waals surface area contributed by atoms with Crippen LogP contribution in [0.1, 0.15) is 77.6 Å². The van der Waals surface area contributed by atoms with Gasteiger partial charge in [0.05, 0.1) is 19.8 Å². The number of ether oxygens (including phenoxy) is 3. The Labute approximate surface area is 237 Å². The van der Waals surface area contributed by atoms with Crippen molar-refractivity contribution in [1.29, 1.82) is 0 Å². The fourth-order valence-electron chi connectivity index (χ4n) is 9.73. The summed E-state index contributed by atoms with van der Waals surface area (Å²) in [5.74, 6) is 4.04. The van der Waals surface area contributed by atoms with E-state index in [9.17, 15) is 15.0 Å². The van der Waals surface area contributed by atoms with Crippen LogP contribution in [0.25, 0.3) is 0 Å². The number of rotatable bonds is 5. The van der Waals surface area contributed by atoms with Crippen LogP contribution in [0.15, 0.2) is 46.8 Å². The molecule has 0 amide bonds. The number of allylic oxidation sites excluding steroid dienone is 2. The summed E-state index contributed by atoms with van der Waals surface area (Å²) in [5, 5.41) is 21.9. The first-order valence-corrected chi connectivity index (χ1v) is 15.8. The van der Waals surface area contributed by atoms with Crippen molar-refractivity contribution in [1.82, 2.24) is 4.90 Å². The molecular formula is C33H45NO6. The third kappa shape index (κ3) is 4.21. The summed E-state index contributed by atoms with van der Waals surface area (Å²) in [6.45, 7) is 1.72. The Balaban J connectivity index is 1.18. The lowest BCUT2D eigenvalue weighted by molar-refractivity contribution is -0.134. The van der Waals surface area contributed by atoms with E-state index in [0.717, 1.165) is 43.3 Å². The molecule has 7 nitrogen and oxygen atoms in total. The smallest absolute Gasteiger partial charge is 0.345 e. The summed E-state index contributed by atoms with van der Waals surface area (Å²) in [6.07, 6.45) is 19.9. The fourth-order valence-corrected chi connectivity index (χ4v) is 9.73. The zero-order chi connectivity index (χ0) is 27.5. The number of hydrogen-bond acceptors (Lipinski definition) is 7. The summed E-state index contributed by atoms with van der Waals surface area (Å²) in [6, 6.07) is 0.862. The Morgan fingerprint density at radius 3 is 2.62 bits per heavy atom. The second-order valence-electron chi connectivity index (χ2n) is 13.4. The summed E-state index contributed by atoms with van der Waals surface area (Å²) in [5.41, 5.74) is 0.137. The lowest BCUT2D eigenvalue weighted by Gasteiger charge is -2.57. The fraction of sp³-hybridized carbons (Fsp3) is 0.727. The molecule has 2 N–H and O–H groups in total. The number of fused-ring (bicyclic) bond motifs is 3. The molecule has 2 bridgehead atoms. The first kappa shape index (κ1) is 26.8. The lowest BCUT2D eigenvalue weighted by Crippen LogP contribution is -2.65. The van der Waals surface area contributed by atoms with Gasteiger partial charge in [0, 0.05) is 35.9 Å². The molecule has 4 fully saturated rings. The molecule has 0 unspecified atom stereocenters. The van der Waals surface area contributed by atoms with Crippen LogP contribution in [0.4, 0.5) is 0 Å². The molecule has 2 aliphatic carbocycles. The zero-order valence-electron chi connectivity index (χ0n) is 24.0. The van der Waals surface area contributed by atoms with Crippen molar-refractivity contribution in [3.05, 3.63) is 46.8 Å². The molecule has 5 heterocycles. The van der Waals surface area contributed by atoms with E-state index in [-0.39, 0.29) is 47.3 Å². The highest BCUT2D eigenvalue weighted by Crippen LogP contribution is 2.54. The molecule has 5 aliphatic heterocycles. The van der Waals surface area contributed by atoms with Crippen molar-refractivity contribution in [3.63, 3.8) is 0 Å². The summed E-state index contributed by atoms with van der Waals surface area (Å²) in [7, 11) is 1.49. The SMILES string of the molecule is COC1=C(CO)C(=O)OC1=C1OC2=CC[C@@H]3CC[C@@H]4CC[C@@H]([C@H]2[C@@H]1C)N3[C@@H]4[C@@H](O)[C@@H]1C=CC[C@@H](C2CCCC2)C1. The molecule has 0 radical (unpaired) electrons. The molecule has 1 saturated carbocycles. The number of aliphatic hydroxyl groups excluding tert-OH is 2. The van der Waals surface area contributed by atoms with Crippen molar-refractivity contribution in [2.75, 3.05) is 13.7 Å². The van der Waals surface area contributed by atoms with Gasteiger partial charge in [-0.2, -0.15) is 0 Å². The van der Waals surface area contributed by atoms with Crippen LogP contribution in [0, 0.1) is 35.5 Å². The van der Waals surface area contributed by atoms with Crippen LogP contribution in [0.3, 0.4) is 0 Å². The van der Waals surface area contributed by atoms with E-state index in [4.69, 9.17) is 14.2 Å². The van der Waals surface area contributed by atoms with Gasteiger partial charge in [0.25, 0.3) is 0 Å². The van der Waals surface area contributed by atoms with Crippen molar-refractivity contribution in [3.8, 4) is 0 Å². The topological polar surface area (TPSA) is 88.5 Å². The molecule has 0 aromatic heterocycles.